The van der Waals surface area contributed by atoms with Crippen LogP contribution >= 0.6 is 23.4 Å². The molecule has 1 aromatic heterocycles. The molecule has 1 amide bonds. The minimum absolute atomic E-state index is 0.300. The van der Waals surface area contributed by atoms with Crippen LogP contribution in [-0.4, -0.2) is 42.0 Å². The summed E-state index contributed by atoms with van der Waals surface area (Å²) in [4.78, 5) is 18.6. The Balaban J connectivity index is 1.53. The molecule has 0 aliphatic carbocycles. The number of ether oxygens (including phenoxy) is 3. The van der Waals surface area contributed by atoms with Gasteiger partial charge in [-0.25, -0.2) is 4.68 Å². The number of carbonyl (C=O) groups excluding carboxylic acids is 1. The lowest BCUT2D eigenvalue weighted by Gasteiger charge is -2.29. The smallest absolute Gasteiger partial charge is 0.255 e. The number of halogens is 1. The van der Waals surface area contributed by atoms with Crippen molar-refractivity contribution in [2.75, 3.05) is 32.0 Å². The van der Waals surface area contributed by atoms with Gasteiger partial charge in [0.1, 0.15) is 11.8 Å². The van der Waals surface area contributed by atoms with Crippen LogP contribution in [0, 0.1) is 0 Å². The maximum Gasteiger partial charge on any atom is 0.255 e. The molecule has 0 spiro atoms. The lowest BCUT2D eigenvalue weighted by atomic mass is 9.94. The summed E-state index contributed by atoms with van der Waals surface area (Å²) in [7, 11) is 4.72. The summed E-state index contributed by atoms with van der Waals surface area (Å²) < 4.78 is 18.2. The Morgan fingerprint density at radius 2 is 1.73 bits per heavy atom. The van der Waals surface area contributed by atoms with Crippen LogP contribution in [0.1, 0.15) is 24.1 Å². The number of allylic oxidation sites excluding steroid dienone is 1. The van der Waals surface area contributed by atoms with E-state index in [0.29, 0.717) is 56.1 Å². The topological polar surface area (TPSA) is 99.5 Å². The second-order valence-electron chi connectivity index (χ2n) is 8.91. The van der Waals surface area contributed by atoms with Gasteiger partial charge in [-0.15, -0.1) is 5.10 Å². The Morgan fingerprint density at radius 3 is 2.45 bits per heavy atom. The molecule has 2 heterocycles. The summed E-state index contributed by atoms with van der Waals surface area (Å²) in [5.41, 5.74) is 3.57. The fourth-order valence-corrected chi connectivity index (χ4v) is 5.39. The molecule has 4 aromatic rings. The van der Waals surface area contributed by atoms with Crippen molar-refractivity contribution < 1.29 is 19.0 Å². The number of fused-ring (bicyclic) bond motifs is 1. The highest BCUT2D eigenvalue weighted by Gasteiger charge is 2.35. The maximum absolute atomic E-state index is 13.9. The third-order valence-corrected chi connectivity index (χ3v) is 7.60. The number of amides is 1. The number of hydrogen-bond acceptors (Lipinski definition) is 8. The van der Waals surface area contributed by atoms with E-state index in [1.165, 1.54) is 11.8 Å². The van der Waals surface area contributed by atoms with Crippen molar-refractivity contribution in [1.29, 1.82) is 0 Å². The van der Waals surface area contributed by atoms with Crippen molar-refractivity contribution in [3.05, 3.63) is 94.1 Å². The molecule has 5 rings (SSSR count). The number of carbonyl (C=O) groups is 1. The van der Waals surface area contributed by atoms with Gasteiger partial charge < -0.3 is 24.8 Å². The zero-order valence-electron chi connectivity index (χ0n) is 22.4. The molecule has 0 fully saturated rings. The van der Waals surface area contributed by atoms with Gasteiger partial charge in [0.25, 0.3) is 5.91 Å². The fraction of sp³-hybridized carbons (Fsp3) is 0.207. The van der Waals surface area contributed by atoms with Crippen molar-refractivity contribution in [2.24, 2.45) is 0 Å². The second-order valence-corrected chi connectivity index (χ2v) is 10.3. The monoisotopic (exact) mass is 577 g/mol. The third-order valence-electron chi connectivity index (χ3n) is 6.44. The van der Waals surface area contributed by atoms with Crippen molar-refractivity contribution in [3.8, 4) is 17.2 Å². The van der Waals surface area contributed by atoms with Gasteiger partial charge in [-0.05, 0) is 54.4 Å². The van der Waals surface area contributed by atoms with E-state index in [1.54, 1.807) is 38.1 Å². The quantitative estimate of drug-likeness (QED) is 0.228. The number of hydrogen-bond donors (Lipinski definition) is 2. The largest absolute Gasteiger partial charge is 0.495 e. The molecular weight excluding hydrogens is 550 g/mol. The minimum Gasteiger partial charge on any atom is -0.495 e. The zero-order chi connectivity index (χ0) is 28.2. The van der Waals surface area contributed by atoms with Crippen LogP contribution in [0.3, 0.4) is 0 Å². The Kier molecular flexibility index (Phi) is 8.18. The van der Waals surface area contributed by atoms with Crippen LogP contribution in [-0.2, 0) is 10.5 Å². The van der Waals surface area contributed by atoms with E-state index in [-0.39, 0.29) is 5.91 Å². The van der Waals surface area contributed by atoms with Gasteiger partial charge in [0.2, 0.25) is 11.1 Å². The number of nitrogens with one attached hydrogen (secondary N) is 2. The predicted octanol–water partition coefficient (Wildman–Crippen LogP) is 6.18. The second kappa shape index (κ2) is 11.9. The van der Waals surface area contributed by atoms with Crippen LogP contribution in [0.4, 0.5) is 11.6 Å². The van der Waals surface area contributed by atoms with E-state index >= 15 is 0 Å². The number of benzene rings is 3. The number of anilines is 2. The van der Waals surface area contributed by atoms with E-state index in [4.69, 9.17) is 35.9 Å². The average Bonchev–Trinajstić information content (AvgIpc) is 3.38. The number of para-hydroxylation sites is 2. The summed E-state index contributed by atoms with van der Waals surface area (Å²) >= 11 is 7.52. The minimum atomic E-state index is -0.594. The molecule has 0 bridgehead atoms. The SMILES string of the molecule is COc1ccccc1NC(=O)C1=C(C)Nc2nc(SCc3ccc(Cl)cc3)nn2[C@H]1c1ccc(OC)c(OC)c1. The van der Waals surface area contributed by atoms with Crippen LogP contribution in [0.25, 0.3) is 0 Å². The number of aromatic nitrogens is 3. The number of methoxy groups -OCH3 is 3. The van der Waals surface area contributed by atoms with Gasteiger partial charge in [-0.1, -0.05) is 53.7 Å². The van der Waals surface area contributed by atoms with Crippen molar-refractivity contribution in [1.82, 2.24) is 14.8 Å². The Bertz CT molecular complexity index is 1570. The van der Waals surface area contributed by atoms with E-state index in [9.17, 15) is 4.79 Å². The molecule has 0 saturated heterocycles. The van der Waals surface area contributed by atoms with Crippen LogP contribution in [0.2, 0.25) is 5.02 Å². The van der Waals surface area contributed by atoms with Gasteiger partial charge >= 0.3 is 0 Å². The number of nitrogens with zero attached hydrogens (tertiary/aromatic N) is 3. The Hall–Kier alpha value is -4.15. The van der Waals surface area contributed by atoms with E-state index < -0.39 is 6.04 Å². The number of thioether (sulfide) groups is 1. The first-order chi connectivity index (χ1) is 19.4. The molecule has 1 aliphatic heterocycles. The van der Waals surface area contributed by atoms with Crippen LogP contribution in [0.15, 0.2) is 83.2 Å². The first-order valence-corrected chi connectivity index (χ1v) is 13.8. The van der Waals surface area contributed by atoms with Gasteiger partial charge in [0.05, 0.1) is 32.6 Å². The standard InChI is InChI=1S/C29H28ClN5O4S/c1-17-25(27(36)32-21-7-5-6-8-22(21)37-2)26(19-11-14-23(38-3)24(15-19)39-4)35-28(31-17)33-29(34-35)40-16-18-9-12-20(30)13-10-18/h5-15,26H,16H2,1-4H3,(H,32,36)(H,31,33,34)/t26-/m0/s1. The number of rotatable bonds is 9. The van der Waals surface area contributed by atoms with Crippen molar-refractivity contribution in [3.63, 3.8) is 0 Å². The molecule has 11 heteroatoms. The highest BCUT2D eigenvalue weighted by Crippen LogP contribution is 2.40. The molecule has 40 heavy (non-hydrogen) atoms. The highest BCUT2D eigenvalue weighted by molar-refractivity contribution is 7.98. The first kappa shape index (κ1) is 27.4. The summed E-state index contributed by atoms with van der Waals surface area (Å²) in [5.74, 6) is 2.58. The molecule has 1 aliphatic rings. The van der Waals surface area contributed by atoms with Gasteiger partial charge in [0, 0.05) is 16.5 Å². The van der Waals surface area contributed by atoms with Crippen LogP contribution < -0.4 is 24.8 Å². The Labute approximate surface area is 241 Å². The zero-order valence-corrected chi connectivity index (χ0v) is 24.0. The first-order valence-electron chi connectivity index (χ1n) is 12.4. The summed E-state index contributed by atoms with van der Waals surface area (Å²) in [6.45, 7) is 1.85. The van der Waals surface area contributed by atoms with Gasteiger partial charge in [0.15, 0.2) is 11.5 Å². The maximum atomic E-state index is 13.9. The molecule has 3 aromatic carbocycles. The van der Waals surface area contributed by atoms with E-state index in [2.05, 4.69) is 10.6 Å². The van der Waals surface area contributed by atoms with Crippen LogP contribution in [0.5, 0.6) is 17.2 Å². The predicted molar refractivity (Wildman–Crippen MR) is 157 cm³/mol. The van der Waals surface area contributed by atoms with E-state index in [0.717, 1.165) is 11.1 Å². The average molecular weight is 578 g/mol. The Morgan fingerprint density at radius 1 is 1.00 bits per heavy atom. The van der Waals surface area contributed by atoms with Gasteiger partial charge in [-0.3, -0.25) is 4.79 Å². The molecule has 0 unspecified atom stereocenters. The van der Waals surface area contributed by atoms with E-state index in [1.807, 2.05) is 61.5 Å². The lowest BCUT2D eigenvalue weighted by molar-refractivity contribution is -0.113. The third kappa shape index (κ3) is 5.59. The lowest BCUT2D eigenvalue weighted by Crippen LogP contribution is -2.31. The normalized spacial score (nSPS) is 14.3. The molecule has 206 valence electrons. The molecule has 2 N–H and O–H groups in total. The highest BCUT2D eigenvalue weighted by atomic mass is 35.5. The molecule has 1 atom stereocenters. The summed E-state index contributed by atoms with van der Waals surface area (Å²) in [6.07, 6.45) is 0. The van der Waals surface area contributed by atoms with Crippen molar-refractivity contribution >= 4 is 40.9 Å². The summed E-state index contributed by atoms with van der Waals surface area (Å²) in [5, 5.41) is 12.4. The van der Waals surface area contributed by atoms with Gasteiger partial charge in [-0.2, -0.15) is 4.98 Å². The summed E-state index contributed by atoms with van der Waals surface area (Å²) in [6, 6.07) is 19.9. The molecule has 9 nitrogen and oxygen atoms in total. The molecular formula is C29H28ClN5O4S. The van der Waals surface area contributed by atoms with Crippen molar-refractivity contribution in [2.45, 2.75) is 23.9 Å². The fourth-order valence-electron chi connectivity index (χ4n) is 4.48. The molecule has 0 saturated carbocycles. The molecule has 0 radical (unpaired) electrons.